The summed E-state index contributed by atoms with van der Waals surface area (Å²) in [5, 5.41) is 0. The number of benzene rings is 2. The van der Waals surface area contributed by atoms with Gasteiger partial charge in [-0.25, -0.2) is 4.39 Å². The van der Waals surface area contributed by atoms with Gasteiger partial charge in [0.25, 0.3) is 0 Å². The number of halogens is 4. The van der Waals surface area contributed by atoms with Crippen LogP contribution in [0.15, 0.2) is 36.4 Å². The number of carbonyl (C=O) groups excluding carboxylic acids is 2. The van der Waals surface area contributed by atoms with E-state index in [2.05, 4.69) is 0 Å². The predicted octanol–water partition coefficient (Wildman–Crippen LogP) is 6.30. The fourth-order valence-corrected chi connectivity index (χ4v) is 4.91. The smallest absolute Gasteiger partial charge is 0.471 e. The number of carbonyl (C=O) groups is 2. The van der Waals surface area contributed by atoms with Crippen LogP contribution in [0.5, 0.6) is 17.2 Å². The zero-order valence-electron chi connectivity index (χ0n) is 24.3. The Balaban J connectivity index is 1.79. The second-order valence-corrected chi connectivity index (χ2v) is 11.2. The number of alkyl halides is 3. The second-order valence-electron chi connectivity index (χ2n) is 11.2. The molecule has 0 unspecified atom stereocenters. The summed E-state index contributed by atoms with van der Waals surface area (Å²) in [4.78, 5) is 27.8. The molecule has 0 spiro atoms. The third kappa shape index (κ3) is 8.04. The highest BCUT2D eigenvalue weighted by Crippen LogP contribution is 2.40. The van der Waals surface area contributed by atoms with Crippen LogP contribution in [0.4, 0.5) is 17.6 Å². The quantitative estimate of drug-likeness (QED) is 0.308. The number of hydrogen-bond acceptors (Lipinski definition) is 5. The zero-order valence-corrected chi connectivity index (χ0v) is 24.3. The minimum absolute atomic E-state index is 0.0762. The van der Waals surface area contributed by atoms with Crippen molar-refractivity contribution in [1.29, 1.82) is 0 Å². The highest BCUT2D eigenvalue weighted by Gasteiger charge is 2.46. The number of nitrogens with zero attached hydrogens (tertiary/aromatic N) is 2. The van der Waals surface area contributed by atoms with Crippen molar-refractivity contribution in [1.82, 2.24) is 9.80 Å². The lowest BCUT2D eigenvalue weighted by molar-refractivity contribution is -0.186. The summed E-state index contributed by atoms with van der Waals surface area (Å²) in [6.07, 6.45) is -4.52. The van der Waals surface area contributed by atoms with Crippen LogP contribution in [0, 0.1) is 11.2 Å². The van der Waals surface area contributed by atoms with Crippen LogP contribution in [-0.2, 0) is 16.1 Å². The molecule has 1 aliphatic heterocycles. The summed E-state index contributed by atoms with van der Waals surface area (Å²) >= 11 is 0. The minimum Gasteiger partial charge on any atom is -0.497 e. The number of hydrogen-bond donors (Lipinski definition) is 0. The van der Waals surface area contributed by atoms with E-state index >= 15 is 0 Å². The van der Waals surface area contributed by atoms with Gasteiger partial charge in [-0.15, -0.1) is 0 Å². The van der Waals surface area contributed by atoms with Crippen molar-refractivity contribution in [2.24, 2.45) is 5.41 Å². The van der Waals surface area contributed by atoms with Gasteiger partial charge in [0.15, 0.2) is 0 Å². The Labute approximate surface area is 238 Å². The number of methoxy groups -OCH3 is 2. The Morgan fingerprint density at radius 2 is 1.76 bits per heavy atom. The first kappa shape index (κ1) is 32.0. The molecule has 0 saturated carbocycles. The minimum atomic E-state index is -5.03. The van der Waals surface area contributed by atoms with E-state index in [0.29, 0.717) is 30.9 Å². The van der Waals surface area contributed by atoms with Crippen molar-refractivity contribution in [2.45, 2.75) is 71.8 Å². The van der Waals surface area contributed by atoms with E-state index in [1.165, 1.54) is 19.2 Å². The van der Waals surface area contributed by atoms with E-state index < -0.39 is 35.5 Å². The lowest BCUT2D eigenvalue weighted by Crippen LogP contribution is -2.41. The molecular weight excluding hydrogens is 544 g/mol. The molecule has 2 atom stereocenters. The maximum absolute atomic E-state index is 14.2. The first-order valence-electron chi connectivity index (χ1n) is 13.5. The average Bonchev–Trinajstić information content (AvgIpc) is 3.39. The highest BCUT2D eigenvalue weighted by atomic mass is 19.4. The summed E-state index contributed by atoms with van der Waals surface area (Å²) in [6, 6.07) is 8.07. The summed E-state index contributed by atoms with van der Waals surface area (Å²) in [6.45, 7) is 7.76. The molecule has 2 amide bonds. The maximum Gasteiger partial charge on any atom is 0.471 e. The summed E-state index contributed by atoms with van der Waals surface area (Å²) < 4.78 is 70.7. The van der Waals surface area contributed by atoms with Gasteiger partial charge in [-0.2, -0.15) is 13.2 Å². The van der Waals surface area contributed by atoms with Gasteiger partial charge >= 0.3 is 12.1 Å². The number of amides is 2. The van der Waals surface area contributed by atoms with Crippen molar-refractivity contribution < 1.29 is 41.4 Å². The molecule has 0 N–H and O–H groups in total. The van der Waals surface area contributed by atoms with E-state index in [4.69, 9.17) is 14.2 Å². The Morgan fingerprint density at radius 3 is 2.37 bits per heavy atom. The molecule has 1 fully saturated rings. The molecule has 0 aliphatic carbocycles. The summed E-state index contributed by atoms with van der Waals surface area (Å²) in [5.74, 6) is -1.27. The van der Waals surface area contributed by atoms with Gasteiger partial charge in [0.05, 0.1) is 26.4 Å². The van der Waals surface area contributed by atoms with E-state index in [9.17, 15) is 27.2 Å². The van der Waals surface area contributed by atoms with Gasteiger partial charge in [0, 0.05) is 48.7 Å². The molecular formula is C30H38F4N2O5. The van der Waals surface area contributed by atoms with Crippen molar-refractivity contribution >= 4 is 11.8 Å². The molecule has 2 aromatic rings. The first-order valence-corrected chi connectivity index (χ1v) is 13.5. The van der Waals surface area contributed by atoms with Crippen LogP contribution in [0.2, 0.25) is 0 Å². The van der Waals surface area contributed by atoms with Crippen LogP contribution < -0.4 is 14.2 Å². The third-order valence-corrected chi connectivity index (χ3v) is 7.00. The lowest BCUT2D eigenvalue weighted by atomic mass is 9.94. The van der Waals surface area contributed by atoms with Crippen LogP contribution in [-0.4, -0.2) is 61.2 Å². The molecule has 226 valence electrons. The van der Waals surface area contributed by atoms with Crippen LogP contribution in [0.3, 0.4) is 0 Å². The van der Waals surface area contributed by atoms with Crippen LogP contribution in [0.1, 0.15) is 64.1 Å². The Morgan fingerprint density at radius 1 is 1.05 bits per heavy atom. The molecule has 11 heteroatoms. The molecule has 2 aromatic carbocycles. The SMILES string of the molecule is COc1ccc(CN(CC[C@H](C)Oc2ccc(F)cc2[C@H]2CCCN2C(=O)C(F)(F)F)C(=O)C(C)(C)C)c(OC)c1. The summed E-state index contributed by atoms with van der Waals surface area (Å²) in [7, 11) is 3.09. The van der Waals surface area contributed by atoms with E-state index in [1.54, 1.807) is 31.1 Å². The topological polar surface area (TPSA) is 68.3 Å². The van der Waals surface area contributed by atoms with Crippen molar-refractivity contribution in [3.05, 3.63) is 53.3 Å². The normalized spacial score (nSPS) is 16.3. The van der Waals surface area contributed by atoms with Gasteiger partial charge in [-0.1, -0.05) is 20.8 Å². The van der Waals surface area contributed by atoms with Crippen molar-refractivity contribution in [2.75, 3.05) is 27.3 Å². The van der Waals surface area contributed by atoms with E-state index in [1.807, 2.05) is 26.8 Å². The van der Waals surface area contributed by atoms with Gasteiger partial charge in [0.1, 0.15) is 23.1 Å². The molecule has 0 bridgehead atoms. The highest BCUT2D eigenvalue weighted by molar-refractivity contribution is 5.83. The Kier molecular flexibility index (Phi) is 10.1. The molecule has 7 nitrogen and oxygen atoms in total. The monoisotopic (exact) mass is 582 g/mol. The van der Waals surface area contributed by atoms with Crippen LogP contribution >= 0.6 is 0 Å². The summed E-state index contributed by atoms with van der Waals surface area (Å²) in [5.41, 5.74) is 0.318. The molecule has 41 heavy (non-hydrogen) atoms. The predicted molar refractivity (Wildman–Crippen MR) is 145 cm³/mol. The van der Waals surface area contributed by atoms with Gasteiger partial charge in [-0.3, -0.25) is 9.59 Å². The number of likely N-dealkylation sites (tertiary alicyclic amines) is 1. The van der Waals surface area contributed by atoms with Gasteiger partial charge in [-0.05, 0) is 50.1 Å². The number of rotatable bonds is 10. The van der Waals surface area contributed by atoms with Crippen molar-refractivity contribution in [3.8, 4) is 17.2 Å². The third-order valence-electron chi connectivity index (χ3n) is 7.00. The maximum atomic E-state index is 14.2. The molecule has 1 heterocycles. The molecule has 0 aromatic heterocycles. The first-order chi connectivity index (χ1) is 19.1. The van der Waals surface area contributed by atoms with Gasteiger partial charge in [0.2, 0.25) is 5.91 Å². The molecule has 0 radical (unpaired) electrons. The standard InChI is InChI=1S/C30H38F4N2O5/c1-19(13-15-35(27(37)29(2,3)4)18-20-9-11-22(39-5)17-26(20)40-6)41-25-12-10-21(31)16-23(25)24-8-7-14-36(24)28(38)30(32,33)34/h9-12,16-17,19,24H,7-8,13-15,18H2,1-6H3/t19-,24+/m0/s1. The van der Waals surface area contributed by atoms with E-state index in [-0.39, 0.29) is 36.7 Å². The second kappa shape index (κ2) is 13.0. The Hall–Kier alpha value is -3.50. The van der Waals surface area contributed by atoms with E-state index in [0.717, 1.165) is 16.5 Å². The van der Waals surface area contributed by atoms with Gasteiger partial charge < -0.3 is 24.0 Å². The van der Waals surface area contributed by atoms with Crippen molar-refractivity contribution in [3.63, 3.8) is 0 Å². The Bertz CT molecular complexity index is 1230. The van der Waals surface area contributed by atoms with Crippen LogP contribution in [0.25, 0.3) is 0 Å². The average molecular weight is 583 g/mol. The fraction of sp³-hybridized carbons (Fsp3) is 0.533. The zero-order chi connectivity index (χ0) is 30.5. The largest absolute Gasteiger partial charge is 0.497 e. The molecule has 1 aliphatic rings. The molecule has 1 saturated heterocycles. The fourth-order valence-electron chi connectivity index (χ4n) is 4.91. The molecule has 3 rings (SSSR count). The lowest BCUT2D eigenvalue weighted by Gasteiger charge is -2.31. The number of ether oxygens (including phenoxy) is 3.